The van der Waals surface area contributed by atoms with Crippen LogP contribution in [0, 0.1) is 0 Å². The molecule has 1 amide bonds. The summed E-state index contributed by atoms with van der Waals surface area (Å²) in [6, 6.07) is 11.1. The van der Waals surface area contributed by atoms with Gasteiger partial charge in [0.25, 0.3) is 5.91 Å². The molecule has 4 nitrogen and oxygen atoms in total. The van der Waals surface area contributed by atoms with Gasteiger partial charge in [-0.25, -0.2) is 0 Å². The van der Waals surface area contributed by atoms with Crippen LogP contribution in [0.1, 0.15) is 10.4 Å². The van der Waals surface area contributed by atoms with Gasteiger partial charge in [-0.15, -0.1) is 0 Å². The predicted octanol–water partition coefficient (Wildman–Crippen LogP) is 4.80. The maximum atomic E-state index is 12.4. The summed E-state index contributed by atoms with van der Waals surface area (Å²) in [5.74, 6) is 0.475. The predicted molar refractivity (Wildman–Crippen MR) is 92.7 cm³/mol. The Balaban J connectivity index is 1.92. The van der Waals surface area contributed by atoms with E-state index in [1.54, 1.807) is 19.2 Å². The number of anilines is 1. The van der Waals surface area contributed by atoms with Crippen LogP contribution in [0.2, 0.25) is 10.0 Å². The third-order valence-electron chi connectivity index (χ3n) is 3.40. The Morgan fingerprint density at radius 2 is 1.70 bits per heavy atom. The van der Waals surface area contributed by atoms with Crippen molar-refractivity contribution in [3.05, 3.63) is 64.4 Å². The van der Waals surface area contributed by atoms with Crippen LogP contribution >= 0.6 is 23.2 Å². The van der Waals surface area contributed by atoms with Gasteiger partial charge in [0.05, 0.1) is 22.8 Å². The van der Waals surface area contributed by atoms with Gasteiger partial charge >= 0.3 is 0 Å². The van der Waals surface area contributed by atoms with Gasteiger partial charge in [0.1, 0.15) is 5.75 Å². The van der Waals surface area contributed by atoms with E-state index in [0.29, 0.717) is 11.3 Å². The van der Waals surface area contributed by atoms with E-state index in [0.717, 1.165) is 16.5 Å². The molecule has 0 aliphatic heterocycles. The van der Waals surface area contributed by atoms with Crippen LogP contribution in [0.25, 0.3) is 10.8 Å². The highest BCUT2D eigenvalue weighted by atomic mass is 35.5. The van der Waals surface area contributed by atoms with Crippen molar-refractivity contribution in [3.8, 4) is 5.75 Å². The van der Waals surface area contributed by atoms with Crippen molar-refractivity contribution in [1.29, 1.82) is 0 Å². The van der Waals surface area contributed by atoms with Crippen LogP contribution in [0.4, 0.5) is 5.69 Å². The molecule has 0 radical (unpaired) electrons. The molecule has 0 unspecified atom stereocenters. The van der Waals surface area contributed by atoms with Crippen molar-refractivity contribution in [2.24, 2.45) is 0 Å². The molecule has 3 rings (SSSR count). The number of hydrogen-bond acceptors (Lipinski definition) is 3. The molecule has 0 atom stereocenters. The highest BCUT2D eigenvalue weighted by molar-refractivity contribution is 6.39. The maximum Gasteiger partial charge on any atom is 0.255 e. The summed E-state index contributed by atoms with van der Waals surface area (Å²) in [4.78, 5) is 16.3. The lowest BCUT2D eigenvalue weighted by atomic mass is 10.1. The summed E-state index contributed by atoms with van der Waals surface area (Å²) < 4.78 is 5.19. The molecule has 2 aromatic carbocycles. The molecule has 1 heterocycles. The fourth-order valence-corrected chi connectivity index (χ4v) is 2.67. The molecule has 6 heteroatoms. The molecule has 0 saturated heterocycles. The van der Waals surface area contributed by atoms with Gasteiger partial charge < -0.3 is 10.1 Å². The fraction of sp³-hybridized carbons (Fsp3) is 0.0588. The molecule has 0 aliphatic carbocycles. The first-order valence-corrected chi connectivity index (χ1v) is 7.52. The monoisotopic (exact) mass is 346 g/mol. The molecule has 116 valence electrons. The first-order valence-electron chi connectivity index (χ1n) is 6.76. The molecular weight excluding hydrogens is 335 g/mol. The summed E-state index contributed by atoms with van der Waals surface area (Å²) in [5.41, 5.74) is 0.856. The van der Waals surface area contributed by atoms with E-state index in [2.05, 4.69) is 10.3 Å². The Kier molecular flexibility index (Phi) is 4.37. The average Bonchev–Trinajstić information content (AvgIpc) is 2.57. The van der Waals surface area contributed by atoms with Crippen LogP contribution in [0.3, 0.4) is 0 Å². The van der Waals surface area contributed by atoms with Crippen LogP contribution in [0.5, 0.6) is 5.75 Å². The highest BCUT2D eigenvalue weighted by Crippen LogP contribution is 2.29. The number of methoxy groups -OCH3 is 1. The number of benzene rings is 2. The molecular formula is C17H12Cl2N2O2. The summed E-state index contributed by atoms with van der Waals surface area (Å²) in [6.07, 6.45) is 2.85. The van der Waals surface area contributed by atoms with Gasteiger partial charge in [-0.05, 0) is 35.0 Å². The van der Waals surface area contributed by atoms with Gasteiger partial charge in [0, 0.05) is 18.0 Å². The first kappa shape index (κ1) is 15.6. The van der Waals surface area contributed by atoms with Gasteiger partial charge in [0.2, 0.25) is 0 Å². The summed E-state index contributed by atoms with van der Waals surface area (Å²) in [5, 5.41) is 5.21. The minimum atomic E-state index is -0.294. The van der Waals surface area contributed by atoms with Crippen LogP contribution in [0.15, 0.2) is 48.8 Å². The third-order valence-corrected chi connectivity index (χ3v) is 3.97. The van der Waals surface area contributed by atoms with E-state index in [-0.39, 0.29) is 16.0 Å². The SMILES string of the molecule is COc1ccc2cc(C(=O)Nc3c(Cl)cncc3Cl)ccc2c1. The van der Waals surface area contributed by atoms with Crippen molar-refractivity contribution in [3.63, 3.8) is 0 Å². The summed E-state index contributed by atoms with van der Waals surface area (Å²) in [7, 11) is 1.62. The zero-order chi connectivity index (χ0) is 16.4. The number of carbonyl (C=O) groups is 1. The van der Waals surface area contributed by atoms with E-state index >= 15 is 0 Å². The molecule has 23 heavy (non-hydrogen) atoms. The van der Waals surface area contributed by atoms with Crippen molar-refractivity contribution in [2.45, 2.75) is 0 Å². The zero-order valence-corrected chi connectivity index (χ0v) is 13.7. The Bertz CT molecular complexity index is 877. The number of amides is 1. The minimum Gasteiger partial charge on any atom is -0.497 e. The summed E-state index contributed by atoms with van der Waals surface area (Å²) in [6.45, 7) is 0. The number of hydrogen-bond donors (Lipinski definition) is 1. The smallest absolute Gasteiger partial charge is 0.255 e. The highest BCUT2D eigenvalue weighted by Gasteiger charge is 2.12. The number of ether oxygens (including phenoxy) is 1. The normalized spacial score (nSPS) is 10.6. The van der Waals surface area contributed by atoms with E-state index in [9.17, 15) is 4.79 Å². The lowest BCUT2D eigenvalue weighted by Gasteiger charge is -2.09. The third kappa shape index (κ3) is 3.23. The number of carbonyl (C=O) groups excluding carboxylic acids is 1. The average molecular weight is 347 g/mol. The molecule has 0 saturated carbocycles. The van der Waals surface area contributed by atoms with Gasteiger partial charge in [-0.3, -0.25) is 9.78 Å². The van der Waals surface area contributed by atoms with Crippen LogP contribution in [-0.4, -0.2) is 18.0 Å². The summed E-state index contributed by atoms with van der Waals surface area (Å²) >= 11 is 12.0. The van der Waals surface area contributed by atoms with Gasteiger partial charge in [-0.2, -0.15) is 0 Å². The maximum absolute atomic E-state index is 12.4. The topological polar surface area (TPSA) is 51.2 Å². The Labute approximate surface area is 143 Å². The molecule has 1 aromatic heterocycles. The van der Waals surface area contributed by atoms with Crippen LogP contribution < -0.4 is 10.1 Å². The molecule has 0 spiro atoms. The Morgan fingerprint density at radius 3 is 2.39 bits per heavy atom. The standard InChI is InChI=1S/C17H12Cl2N2O2/c1-23-13-5-4-10-6-12(3-2-11(10)7-13)17(22)21-16-14(18)8-20-9-15(16)19/h2-9H,1H3,(H,20,21,22). The number of nitrogens with zero attached hydrogens (tertiary/aromatic N) is 1. The van der Waals surface area contributed by atoms with Gasteiger partial charge in [0.15, 0.2) is 0 Å². The van der Waals surface area contributed by atoms with Crippen molar-refractivity contribution < 1.29 is 9.53 Å². The number of fused-ring (bicyclic) bond motifs is 1. The number of rotatable bonds is 3. The quantitative estimate of drug-likeness (QED) is 0.740. The number of halogens is 2. The second kappa shape index (κ2) is 6.44. The molecule has 3 aromatic rings. The molecule has 0 bridgehead atoms. The van der Waals surface area contributed by atoms with E-state index in [4.69, 9.17) is 27.9 Å². The van der Waals surface area contributed by atoms with Crippen molar-refractivity contribution in [2.75, 3.05) is 12.4 Å². The Morgan fingerprint density at radius 1 is 1.04 bits per heavy atom. The first-order chi connectivity index (χ1) is 11.1. The largest absolute Gasteiger partial charge is 0.497 e. The van der Waals surface area contributed by atoms with E-state index in [1.165, 1.54) is 12.4 Å². The van der Waals surface area contributed by atoms with Crippen LogP contribution in [-0.2, 0) is 0 Å². The number of nitrogens with one attached hydrogen (secondary N) is 1. The van der Waals surface area contributed by atoms with E-state index in [1.807, 2.05) is 24.3 Å². The minimum absolute atomic E-state index is 0.288. The number of pyridine rings is 1. The number of aromatic nitrogens is 1. The lowest BCUT2D eigenvalue weighted by Crippen LogP contribution is -2.12. The fourth-order valence-electron chi connectivity index (χ4n) is 2.21. The Hall–Kier alpha value is -2.30. The zero-order valence-electron chi connectivity index (χ0n) is 12.1. The van der Waals surface area contributed by atoms with Crippen molar-refractivity contribution in [1.82, 2.24) is 4.98 Å². The van der Waals surface area contributed by atoms with E-state index < -0.39 is 0 Å². The molecule has 0 aliphatic rings. The lowest BCUT2D eigenvalue weighted by molar-refractivity contribution is 0.102. The second-order valence-corrected chi connectivity index (χ2v) is 5.67. The van der Waals surface area contributed by atoms with Crippen molar-refractivity contribution >= 4 is 45.6 Å². The second-order valence-electron chi connectivity index (χ2n) is 4.86. The molecule has 1 N–H and O–H groups in total. The van der Waals surface area contributed by atoms with Gasteiger partial charge in [-0.1, -0.05) is 35.3 Å². The molecule has 0 fully saturated rings.